The van der Waals surface area contributed by atoms with Crippen LogP contribution in [0.15, 0.2) is 36.4 Å². The van der Waals surface area contributed by atoms with Crippen molar-refractivity contribution in [2.75, 3.05) is 39.4 Å². The van der Waals surface area contributed by atoms with Crippen molar-refractivity contribution in [3.63, 3.8) is 0 Å². The number of hydrogen-bond donors (Lipinski definition) is 1. The highest BCUT2D eigenvalue weighted by molar-refractivity contribution is 5.92. The Hall–Kier alpha value is -2.67. The van der Waals surface area contributed by atoms with Crippen molar-refractivity contribution >= 4 is 11.8 Å². The average Bonchev–Trinajstić information content (AvgIpc) is 3.25. The number of benzene rings is 1. The number of ether oxygens (including phenoxy) is 1. The van der Waals surface area contributed by atoms with Crippen molar-refractivity contribution in [3.8, 4) is 0 Å². The first-order valence-corrected chi connectivity index (χ1v) is 9.95. The zero-order valence-electron chi connectivity index (χ0n) is 16.0. The van der Waals surface area contributed by atoms with Crippen LogP contribution in [0, 0.1) is 0 Å². The molecule has 7 heteroatoms. The highest BCUT2D eigenvalue weighted by Crippen LogP contribution is 2.26. The lowest BCUT2D eigenvalue weighted by Gasteiger charge is -2.32. The van der Waals surface area contributed by atoms with Gasteiger partial charge in [0.15, 0.2) is 0 Å². The first-order valence-electron chi connectivity index (χ1n) is 9.95. The van der Waals surface area contributed by atoms with Gasteiger partial charge in [-0.25, -0.2) is 0 Å². The monoisotopic (exact) mass is 382 g/mol. The third-order valence-electron chi connectivity index (χ3n) is 5.53. The average molecular weight is 382 g/mol. The van der Waals surface area contributed by atoms with E-state index < -0.39 is 0 Å². The van der Waals surface area contributed by atoms with Crippen LogP contribution < -0.4 is 0 Å². The molecule has 0 spiro atoms. The van der Waals surface area contributed by atoms with E-state index in [9.17, 15) is 9.59 Å². The normalized spacial score (nSPS) is 20.2. The summed E-state index contributed by atoms with van der Waals surface area (Å²) in [5, 5.41) is 7.28. The topological polar surface area (TPSA) is 78.5 Å². The zero-order valence-corrected chi connectivity index (χ0v) is 16.0. The van der Waals surface area contributed by atoms with Crippen molar-refractivity contribution in [2.24, 2.45) is 0 Å². The molecule has 28 heavy (non-hydrogen) atoms. The van der Waals surface area contributed by atoms with Crippen molar-refractivity contribution in [3.05, 3.63) is 53.3 Å². The standard InChI is InChI=1S/C21H26N4O3/c26-20(13-16-5-2-1-3-6-16)25-8-4-7-17(15-25)18-14-19(23-22-18)21(27)24-9-11-28-12-10-24/h1-3,5-6,14,17H,4,7-13,15H2,(H,22,23). The van der Waals surface area contributed by atoms with E-state index in [0.717, 1.165) is 30.6 Å². The maximum absolute atomic E-state index is 12.7. The zero-order chi connectivity index (χ0) is 19.3. The van der Waals surface area contributed by atoms with Crippen LogP contribution in [-0.2, 0) is 16.0 Å². The number of likely N-dealkylation sites (tertiary alicyclic amines) is 1. The van der Waals surface area contributed by atoms with Crippen LogP contribution >= 0.6 is 0 Å². The number of H-pyrrole nitrogens is 1. The molecule has 3 heterocycles. The number of aromatic nitrogens is 2. The third kappa shape index (κ3) is 4.25. The van der Waals surface area contributed by atoms with Gasteiger partial charge in [0.2, 0.25) is 5.91 Å². The molecular formula is C21H26N4O3. The van der Waals surface area contributed by atoms with Crippen molar-refractivity contribution < 1.29 is 14.3 Å². The van der Waals surface area contributed by atoms with Crippen LogP contribution in [0.2, 0.25) is 0 Å². The second-order valence-corrected chi connectivity index (χ2v) is 7.45. The second-order valence-electron chi connectivity index (χ2n) is 7.45. The predicted octanol–water partition coefficient (Wildman–Crippen LogP) is 1.83. The molecule has 2 aliphatic rings. The predicted molar refractivity (Wildman–Crippen MR) is 104 cm³/mol. The summed E-state index contributed by atoms with van der Waals surface area (Å²) in [4.78, 5) is 29.0. The van der Waals surface area contributed by atoms with E-state index in [0.29, 0.717) is 45.0 Å². The number of nitrogens with zero attached hydrogens (tertiary/aromatic N) is 3. The van der Waals surface area contributed by atoms with Crippen LogP contribution in [-0.4, -0.2) is 71.2 Å². The van der Waals surface area contributed by atoms with Crippen LogP contribution in [0.3, 0.4) is 0 Å². The van der Waals surface area contributed by atoms with Crippen LogP contribution in [0.1, 0.15) is 40.5 Å². The van der Waals surface area contributed by atoms with E-state index in [1.165, 1.54) is 0 Å². The van der Waals surface area contributed by atoms with Gasteiger partial charge in [-0.3, -0.25) is 14.7 Å². The number of piperidine rings is 1. The van der Waals surface area contributed by atoms with Crippen molar-refractivity contribution in [2.45, 2.75) is 25.2 Å². The largest absolute Gasteiger partial charge is 0.378 e. The molecule has 7 nitrogen and oxygen atoms in total. The molecule has 0 saturated carbocycles. The molecule has 1 aromatic heterocycles. The van der Waals surface area contributed by atoms with Crippen molar-refractivity contribution in [1.29, 1.82) is 0 Å². The Kier molecular flexibility index (Phi) is 5.71. The van der Waals surface area contributed by atoms with Gasteiger partial charge in [0.05, 0.1) is 19.6 Å². The fraction of sp³-hybridized carbons (Fsp3) is 0.476. The first kappa shape index (κ1) is 18.7. The maximum atomic E-state index is 12.7. The number of aromatic amines is 1. The minimum atomic E-state index is -0.0568. The van der Waals surface area contributed by atoms with Crippen molar-refractivity contribution in [1.82, 2.24) is 20.0 Å². The molecule has 2 saturated heterocycles. The van der Waals surface area contributed by atoms with E-state index in [1.54, 1.807) is 4.90 Å². The minimum absolute atomic E-state index is 0.0568. The highest BCUT2D eigenvalue weighted by Gasteiger charge is 2.28. The Morgan fingerprint density at radius 3 is 2.68 bits per heavy atom. The molecule has 2 amide bonds. The molecule has 0 aliphatic carbocycles. The van der Waals surface area contributed by atoms with E-state index in [4.69, 9.17) is 4.74 Å². The Morgan fingerprint density at radius 1 is 1.11 bits per heavy atom. The summed E-state index contributed by atoms with van der Waals surface area (Å²) in [5.74, 6) is 0.283. The maximum Gasteiger partial charge on any atom is 0.274 e. The Morgan fingerprint density at radius 2 is 1.89 bits per heavy atom. The van der Waals surface area contributed by atoms with Crippen LogP contribution in [0.5, 0.6) is 0 Å². The number of carbonyl (C=O) groups excluding carboxylic acids is 2. The fourth-order valence-electron chi connectivity index (χ4n) is 3.92. The summed E-state index contributed by atoms with van der Waals surface area (Å²) in [6.45, 7) is 3.81. The summed E-state index contributed by atoms with van der Waals surface area (Å²) in [5.41, 5.74) is 2.42. The Balaban J connectivity index is 1.38. The lowest BCUT2D eigenvalue weighted by molar-refractivity contribution is -0.131. The minimum Gasteiger partial charge on any atom is -0.378 e. The van der Waals surface area contributed by atoms with Gasteiger partial charge in [0, 0.05) is 37.8 Å². The Labute approximate surface area is 164 Å². The summed E-state index contributed by atoms with van der Waals surface area (Å²) < 4.78 is 5.30. The molecule has 2 aliphatic heterocycles. The first-order chi connectivity index (χ1) is 13.7. The number of hydrogen-bond acceptors (Lipinski definition) is 4. The molecule has 0 radical (unpaired) electrons. The number of carbonyl (C=O) groups is 2. The Bertz CT molecular complexity index is 814. The second kappa shape index (κ2) is 8.56. The van der Waals surface area contributed by atoms with E-state index in [2.05, 4.69) is 10.2 Å². The molecule has 2 fully saturated rings. The van der Waals surface area contributed by atoms with Crippen LogP contribution in [0.4, 0.5) is 0 Å². The van der Waals surface area contributed by atoms with Crippen LogP contribution in [0.25, 0.3) is 0 Å². The van der Waals surface area contributed by atoms with Gasteiger partial charge in [-0.05, 0) is 24.5 Å². The smallest absolute Gasteiger partial charge is 0.274 e. The quantitative estimate of drug-likeness (QED) is 0.875. The SMILES string of the molecule is O=C(Cc1ccccc1)N1CCCC(c2cc(C(=O)N3CCOCC3)n[nH]2)C1. The lowest BCUT2D eigenvalue weighted by atomic mass is 9.94. The molecule has 1 N–H and O–H groups in total. The fourth-order valence-corrected chi connectivity index (χ4v) is 3.92. The van der Waals surface area contributed by atoms with E-state index >= 15 is 0 Å². The van der Waals surface area contributed by atoms with Gasteiger partial charge in [-0.2, -0.15) is 5.10 Å². The van der Waals surface area contributed by atoms with E-state index in [-0.39, 0.29) is 17.7 Å². The van der Waals surface area contributed by atoms with Gasteiger partial charge in [0.1, 0.15) is 5.69 Å². The van der Waals surface area contributed by atoms with Gasteiger partial charge >= 0.3 is 0 Å². The summed E-state index contributed by atoms with van der Waals surface area (Å²) in [6.07, 6.45) is 2.37. The molecule has 2 aromatic rings. The molecule has 1 aromatic carbocycles. The number of amides is 2. The van der Waals surface area contributed by atoms with Gasteiger partial charge in [-0.15, -0.1) is 0 Å². The lowest BCUT2D eigenvalue weighted by Crippen LogP contribution is -2.40. The molecule has 4 rings (SSSR count). The van der Waals surface area contributed by atoms with E-state index in [1.807, 2.05) is 41.3 Å². The molecule has 148 valence electrons. The number of nitrogens with one attached hydrogen (secondary N) is 1. The van der Waals surface area contributed by atoms with Gasteiger partial charge in [-0.1, -0.05) is 30.3 Å². The molecule has 0 bridgehead atoms. The molecule has 1 atom stereocenters. The third-order valence-corrected chi connectivity index (χ3v) is 5.53. The summed E-state index contributed by atoms with van der Waals surface area (Å²) in [6, 6.07) is 11.7. The molecular weight excluding hydrogens is 356 g/mol. The summed E-state index contributed by atoms with van der Waals surface area (Å²) >= 11 is 0. The number of rotatable bonds is 4. The summed E-state index contributed by atoms with van der Waals surface area (Å²) in [7, 11) is 0. The number of morpholine rings is 1. The molecule has 1 unspecified atom stereocenters. The van der Waals surface area contributed by atoms with Gasteiger partial charge in [0.25, 0.3) is 5.91 Å². The van der Waals surface area contributed by atoms with Gasteiger partial charge < -0.3 is 14.5 Å². The highest BCUT2D eigenvalue weighted by atomic mass is 16.5.